The molecule has 2 aliphatic rings. The molecule has 15 heavy (non-hydrogen) atoms. The van der Waals surface area contributed by atoms with Gasteiger partial charge in [-0.15, -0.1) is 0 Å². The molecular weight excluding hydrogens is 212 g/mol. The Balaban J connectivity index is 2.07. The molecule has 0 aliphatic carbocycles. The molecule has 0 amide bonds. The van der Waals surface area contributed by atoms with E-state index in [2.05, 4.69) is 5.32 Å². The van der Waals surface area contributed by atoms with Gasteiger partial charge in [0.1, 0.15) is 0 Å². The number of piperidine rings is 1. The molecular formula is C10H20N2O2S. The Kier molecular flexibility index (Phi) is 3.05. The fraction of sp³-hybridized carbons (Fsp3) is 1.00. The highest BCUT2D eigenvalue weighted by Crippen LogP contribution is 2.27. The van der Waals surface area contributed by atoms with E-state index in [-0.39, 0.29) is 5.25 Å². The van der Waals surface area contributed by atoms with Gasteiger partial charge in [0.25, 0.3) is 0 Å². The topological polar surface area (TPSA) is 49.4 Å². The highest BCUT2D eigenvalue weighted by atomic mass is 32.2. The average molecular weight is 232 g/mol. The molecule has 1 N–H and O–H groups in total. The second-order valence-corrected chi connectivity index (χ2v) is 7.34. The molecule has 2 fully saturated rings. The molecule has 2 atom stereocenters. The number of nitrogens with one attached hydrogen (secondary N) is 1. The Bertz CT molecular complexity index is 326. The summed E-state index contributed by atoms with van der Waals surface area (Å²) in [5.74, 6) is 0.698. The summed E-state index contributed by atoms with van der Waals surface area (Å²) in [6, 6.07) is 0.396. The minimum Gasteiger partial charge on any atom is -0.312 e. The Morgan fingerprint density at radius 2 is 2.07 bits per heavy atom. The molecule has 0 aromatic heterocycles. The number of hydrogen-bond acceptors (Lipinski definition) is 3. The zero-order valence-electron chi connectivity index (χ0n) is 9.44. The van der Waals surface area contributed by atoms with Crippen LogP contribution in [0.1, 0.15) is 26.7 Å². The quantitative estimate of drug-likeness (QED) is 0.750. The van der Waals surface area contributed by atoms with Crippen LogP contribution in [0, 0.1) is 5.92 Å². The van der Waals surface area contributed by atoms with Gasteiger partial charge in [-0.3, -0.25) is 0 Å². The van der Waals surface area contributed by atoms with Crippen molar-refractivity contribution in [2.24, 2.45) is 5.92 Å². The van der Waals surface area contributed by atoms with Crippen LogP contribution in [0.15, 0.2) is 0 Å². The van der Waals surface area contributed by atoms with Crippen molar-refractivity contribution in [1.82, 2.24) is 9.62 Å². The summed E-state index contributed by atoms with van der Waals surface area (Å²) < 4.78 is 25.6. The number of hydrogen-bond donors (Lipinski definition) is 1. The minimum absolute atomic E-state index is 0.296. The number of nitrogens with zero attached hydrogens (tertiary/aromatic N) is 1. The van der Waals surface area contributed by atoms with Crippen molar-refractivity contribution in [2.45, 2.75) is 38.0 Å². The molecule has 2 aliphatic heterocycles. The van der Waals surface area contributed by atoms with Gasteiger partial charge in [-0.1, -0.05) is 0 Å². The first kappa shape index (κ1) is 11.4. The summed E-state index contributed by atoms with van der Waals surface area (Å²) >= 11 is 0. The first-order valence-electron chi connectivity index (χ1n) is 5.74. The van der Waals surface area contributed by atoms with Gasteiger partial charge in [-0.25, -0.2) is 12.7 Å². The molecule has 0 radical (unpaired) electrons. The molecule has 0 unspecified atom stereocenters. The van der Waals surface area contributed by atoms with Crippen molar-refractivity contribution in [3.05, 3.63) is 0 Å². The van der Waals surface area contributed by atoms with E-state index in [0.29, 0.717) is 25.0 Å². The molecule has 4 nitrogen and oxygen atoms in total. The predicted molar refractivity (Wildman–Crippen MR) is 60.1 cm³/mol. The van der Waals surface area contributed by atoms with E-state index in [1.807, 2.05) is 0 Å². The molecule has 2 rings (SSSR count). The van der Waals surface area contributed by atoms with Crippen molar-refractivity contribution in [1.29, 1.82) is 0 Å². The number of fused-ring (bicyclic) bond motifs is 1. The van der Waals surface area contributed by atoms with Crippen molar-refractivity contribution in [3.8, 4) is 0 Å². The van der Waals surface area contributed by atoms with Gasteiger partial charge in [0.05, 0.1) is 5.25 Å². The van der Waals surface area contributed by atoms with Crippen LogP contribution in [0.4, 0.5) is 0 Å². The second-order valence-electron chi connectivity index (χ2n) is 4.85. The lowest BCUT2D eigenvalue weighted by Crippen LogP contribution is -2.50. The van der Waals surface area contributed by atoms with Gasteiger partial charge in [-0.2, -0.15) is 0 Å². The molecule has 0 aromatic carbocycles. The van der Waals surface area contributed by atoms with Crippen LogP contribution in [0.25, 0.3) is 0 Å². The van der Waals surface area contributed by atoms with Crippen LogP contribution < -0.4 is 5.32 Å². The van der Waals surface area contributed by atoms with E-state index in [1.165, 1.54) is 6.42 Å². The molecule has 88 valence electrons. The maximum atomic E-state index is 12.0. The van der Waals surface area contributed by atoms with Gasteiger partial charge in [-0.05, 0) is 39.2 Å². The number of rotatable bonds is 2. The SMILES string of the molecule is CC(C)S(=O)(=O)N1CC[C@H]2CCN[C@H]2C1. The fourth-order valence-corrected chi connectivity index (χ4v) is 3.86. The Labute approximate surface area is 92.1 Å². The van der Waals surface area contributed by atoms with E-state index < -0.39 is 10.0 Å². The third kappa shape index (κ3) is 2.05. The van der Waals surface area contributed by atoms with Gasteiger partial charge >= 0.3 is 0 Å². The molecule has 0 bridgehead atoms. The summed E-state index contributed by atoms with van der Waals surface area (Å²) in [6.45, 7) is 5.94. The zero-order chi connectivity index (χ0) is 11.1. The van der Waals surface area contributed by atoms with Crippen LogP contribution in [0.3, 0.4) is 0 Å². The lowest BCUT2D eigenvalue weighted by Gasteiger charge is -2.35. The van der Waals surface area contributed by atoms with E-state index in [4.69, 9.17) is 0 Å². The van der Waals surface area contributed by atoms with Crippen LogP contribution in [-0.4, -0.2) is 43.6 Å². The standard InChI is InChI=1S/C10H20N2O2S/c1-8(2)15(13,14)12-6-4-9-3-5-11-10(9)7-12/h8-11H,3-7H2,1-2H3/t9-,10+/m1/s1. The van der Waals surface area contributed by atoms with Crippen molar-refractivity contribution < 1.29 is 8.42 Å². The largest absolute Gasteiger partial charge is 0.312 e. The van der Waals surface area contributed by atoms with Crippen LogP contribution in [0.5, 0.6) is 0 Å². The smallest absolute Gasteiger partial charge is 0.216 e. The van der Waals surface area contributed by atoms with E-state index in [9.17, 15) is 8.42 Å². The van der Waals surface area contributed by atoms with Crippen LogP contribution >= 0.6 is 0 Å². The summed E-state index contributed by atoms with van der Waals surface area (Å²) in [7, 11) is -3.05. The Hall–Kier alpha value is -0.130. The van der Waals surface area contributed by atoms with Crippen LogP contribution in [0.2, 0.25) is 0 Å². The monoisotopic (exact) mass is 232 g/mol. The van der Waals surface area contributed by atoms with Crippen LogP contribution in [-0.2, 0) is 10.0 Å². The molecule has 5 heteroatoms. The Morgan fingerprint density at radius 1 is 1.33 bits per heavy atom. The molecule has 2 saturated heterocycles. The molecule has 0 aromatic rings. The van der Waals surface area contributed by atoms with Crippen molar-refractivity contribution in [3.63, 3.8) is 0 Å². The van der Waals surface area contributed by atoms with Gasteiger partial charge in [0.2, 0.25) is 10.0 Å². The molecule has 0 saturated carbocycles. The van der Waals surface area contributed by atoms with Gasteiger partial charge < -0.3 is 5.32 Å². The first-order chi connectivity index (χ1) is 7.01. The summed E-state index contributed by atoms with van der Waals surface area (Å²) in [5.41, 5.74) is 0. The van der Waals surface area contributed by atoms with Gasteiger partial charge in [0, 0.05) is 19.1 Å². The molecule has 2 heterocycles. The van der Waals surface area contributed by atoms with Gasteiger partial charge in [0.15, 0.2) is 0 Å². The summed E-state index contributed by atoms with van der Waals surface area (Å²) in [6.07, 6.45) is 2.23. The third-order valence-corrected chi connectivity index (χ3v) is 5.84. The van der Waals surface area contributed by atoms with Crippen molar-refractivity contribution >= 4 is 10.0 Å². The minimum atomic E-state index is -3.05. The second kappa shape index (κ2) is 4.03. The maximum Gasteiger partial charge on any atom is 0.216 e. The van der Waals surface area contributed by atoms with E-state index >= 15 is 0 Å². The highest BCUT2D eigenvalue weighted by Gasteiger charge is 2.37. The Morgan fingerprint density at radius 3 is 2.73 bits per heavy atom. The summed E-state index contributed by atoms with van der Waals surface area (Å²) in [4.78, 5) is 0. The third-order valence-electron chi connectivity index (χ3n) is 3.60. The highest BCUT2D eigenvalue weighted by molar-refractivity contribution is 7.89. The van der Waals surface area contributed by atoms with E-state index in [1.54, 1.807) is 18.2 Å². The lowest BCUT2D eigenvalue weighted by atomic mass is 9.94. The van der Waals surface area contributed by atoms with E-state index in [0.717, 1.165) is 13.0 Å². The first-order valence-corrected chi connectivity index (χ1v) is 7.24. The predicted octanol–water partition coefficient (Wildman–Crippen LogP) is 0.408. The fourth-order valence-electron chi connectivity index (χ4n) is 2.53. The molecule has 0 spiro atoms. The maximum absolute atomic E-state index is 12.0. The van der Waals surface area contributed by atoms with Crippen molar-refractivity contribution in [2.75, 3.05) is 19.6 Å². The zero-order valence-corrected chi connectivity index (χ0v) is 10.3. The number of sulfonamides is 1. The average Bonchev–Trinajstić information content (AvgIpc) is 2.63. The normalized spacial score (nSPS) is 33.3. The lowest BCUT2D eigenvalue weighted by molar-refractivity contribution is 0.248. The summed E-state index contributed by atoms with van der Waals surface area (Å²) in [5, 5.41) is 3.10.